The first-order chi connectivity index (χ1) is 10.8. The van der Waals surface area contributed by atoms with Crippen molar-refractivity contribution in [3.8, 4) is 0 Å². The Balaban J connectivity index is 1.86. The Hall–Kier alpha value is -1.67. The van der Waals surface area contributed by atoms with E-state index in [2.05, 4.69) is 14.9 Å². The van der Waals surface area contributed by atoms with Crippen LogP contribution in [-0.2, 0) is 43.5 Å². The molecule has 0 bridgehead atoms. The van der Waals surface area contributed by atoms with E-state index >= 15 is 0 Å². The van der Waals surface area contributed by atoms with Crippen molar-refractivity contribution in [1.82, 2.24) is 24.3 Å². The lowest BCUT2D eigenvalue weighted by Gasteiger charge is -2.13. The zero-order valence-corrected chi connectivity index (χ0v) is 14.9. The van der Waals surface area contributed by atoms with Crippen molar-refractivity contribution in [3.05, 3.63) is 28.3 Å². The third-order valence-electron chi connectivity index (χ3n) is 4.59. The highest BCUT2D eigenvalue weighted by Crippen LogP contribution is 2.24. The molecule has 23 heavy (non-hydrogen) atoms. The Labute approximate surface area is 136 Å². The molecule has 1 N–H and O–H groups in total. The fraction of sp³-hybridized carbons (Fsp3) is 0.600. The van der Waals surface area contributed by atoms with E-state index in [-0.39, 0.29) is 11.4 Å². The third kappa shape index (κ3) is 2.81. The van der Waals surface area contributed by atoms with Gasteiger partial charge in [0.25, 0.3) is 0 Å². The van der Waals surface area contributed by atoms with E-state index in [9.17, 15) is 8.42 Å². The number of hydrogen-bond acceptors (Lipinski definition) is 4. The number of nitrogens with zero attached hydrogens (tertiary/aromatic N) is 4. The lowest BCUT2D eigenvalue weighted by Crippen LogP contribution is -2.25. The molecule has 126 valence electrons. The second-order valence-corrected chi connectivity index (χ2v) is 7.85. The molecule has 1 aliphatic carbocycles. The molecule has 0 radical (unpaired) electrons. The Morgan fingerprint density at radius 3 is 2.43 bits per heavy atom. The second-order valence-electron chi connectivity index (χ2n) is 6.15. The van der Waals surface area contributed by atoms with Gasteiger partial charge in [0.05, 0.1) is 23.6 Å². The van der Waals surface area contributed by atoms with Crippen molar-refractivity contribution in [2.75, 3.05) is 0 Å². The predicted molar refractivity (Wildman–Crippen MR) is 86.6 cm³/mol. The van der Waals surface area contributed by atoms with Crippen molar-refractivity contribution in [2.45, 2.75) is 51.0 Å². The van der Waals surface area contributed by atoms with E-state index in [0.717, 1.165) is 25.0 Å². The molecule has 3 rings (SSSR count). The molecular weight excluding hydrogens is 314 g/mol. The maximum atomic E-state index is 12.6. The van der Waals surface area contributed by atoms with Crippen LogP contribution in [0.3, 0.4) is 0 Å². The zero-order valence-electron chi connectivity index (χ0n) is 14.0. The van der Waals surface area contributed by atoms with Crippen LogP contribution in [-0.4, -0.2) is 28.0 Å². The number of hydrogen-bond donors (Lipinski definition) is 1. The minimum atomic E-state index is -3.60. The van der Waals surface area contributed by atoms with Crippen LogP contribution >= 0.6 is 0 Å². The molecule has 2 aromatic heterocycles. The first kappa shape index (κ1) is 16.2. The summed E-state index contributed by atoms with van der Waals surface area (Å²) in [5, 5.41) is 8.69. The van der Waals surface area contributed by atoms with Crippen molar-refractivity contribution in [3.63, 3.8) is 0 Å². The molecule has 0 aliphatic heterocycles. The molecule has 7 nitrogen and oxygen atoms in total. The number of aryl methyl sites for hydroxylation is 3. The van der Waals surface area contributed by atoms with Gasteiger partial charge in [-0.2, -0.15) is 10.2 Å². The fourth-order valence-corrected chi connectivity index (χ4v) is 4.80. The summed E-state index contributed by atoms with van der Waals surface area (Å²) in [6, 6.07) is 0. The molecule has 0 unspecified atom stereocenters. The van der Waals surface area contributed by atoms with Gasteiger partial charge in [-0.3, -0.25) is 9.36 Å². The maximum absolute atomic E-state index is 12.6. The van der Waals surface area contributed by atoms with E-state index < -0.39 is 10.0 Å². The minimum absolute atomic E-state index is 0.222. The van der Waals surface area contributed by atoms with Gasteiger partial charge in [-0.15, -0.1) is 0 Å². The number of sulfonamides is 1. The van der Waals surface area contributed by atoms with Gasteiger partial charge in [0, 0.05) is 19.8 Å². The van der Waals surface area contributed by atoms with Gasteiger partial charge in [-0.1, -0.05) is 0 Å². The summed E-state index contributed by atoms with van der Waals surface area (Å²) in [7, 11) is 0.0758. The van der Waals surface area contributed by atoms with E-state index in [4.69, 9.17) is 0 Å². The predicted octanol–water partition coefficient (Wildman–Crippen LogP) is 1.13. The highest BCUT2D eigenvalue weighted by atomic mass is 32.2. The molecule has 2 heterocycles. The van der Waals surface area contributed by atoms with Crippen LogP contribution in [0.25, 0.3) is 0 Å². The van der Waals surface area contributed by atoms with Gasteiger partial charge < -0.3 is 0 Å². The molecule has 2 aromatic rings. The van der Waals surface area contributed by atoms with Crippen molar-refractivity contribution in [1.29, 1.82) is 0 Å². The molecular formula is C15H23N5O2S. The minimum Gasteiger partial charge on any atom is -0.272 e. The molecule has 1 aliphatic rings. The van der Waals surface area contributed by atoms with Gasteiger partial charge in [-0.25, -0.2) is 13.1 Å². The molecule has 0 fully saturated rings. The first-order valence-electron chi connectivity index (χ1n) is 7.84. The van der Waals surface area contributed by atoms with Crippen molar-refractivity contribution < 1.29 is 8.42 Å². The highest BCUT2D eigenvalue weighted by molar-refractivity contribution is 7.89. The fourth-order valence-electron chi connectivity index (χ4n) is 3.38. The van der Waals surface area contributed by atoms with Gasteiger partial charge in [-0.05, 0) is 45.1 Å². The van der Waals surface area contributed by atoms with Crippen molar-refractivity contribution >= 4 is 10.0 Å². The van der Waals surface area contributed by atoms with Crippen LogP contribution in [0.4, 0.5) is 0 Å². The molecule has 0 spiro atoms. The number of aromatic nitrogens is 4. The summed E-state index contributed by atoms with van der Waals surface area (Å²) < 4.78 is 31.4. The van der Waals surface area contributed by atoms with Crippen LogP contribution < -0.4 is 4.72 Å². The zero-order chi connectivity index (χ0) is 16.8. The smallest absolute Gasteiger partial charge is 0.244 e. The van der Waals surface area contributed by atoms with E-state index in [0.29, 0.717) is 11.4 Å². The molecule has 0 saturated heterocycles. The standard InChI is InChI=1S/C15H23N5O2S/c1-10-15(11(2)19(3)17-10)23(21,22)16-9-13-12-7-5-6-8-14(12)20(4)18-13/h16H,5-9H2,1-4H3. The molecule has 0 saturated carbocycles. The topological polar surface area (TPSA) is 81.8 Å². The van der Waals surface area contributed by atoms with Crippen LogP contribution in [0.2, 0.25) is 0 Å². The first-order valence-corrected chi connectivity index (χ1v) is 9.33. The van der Waals surface area contributed by atoms with Crippen LogP contribution in [0.5, 0.6) is 0 Å². The summed E-state index contributed by atoms with van der Waals surface area (Å²) >= 11 is 0. The Morgan fingerprint density at radius 1 is 1.09 bits per heavy atom. The Bertz CT molecular complexity index is 848. The van der Waals surface area contributed by atoms with Gasteiger partial charge in [0.2, 0.25) is 10.0 Å². The molecule has 8 heteroatoms. The quantitative estimate of drug-likeness (QED) is 0.907. The number of rotatable bonds is 4. The van der Waals surface area contributed by atoms with E-state index in [1.54, 1.807) is 25.6 Å². The maximum Gasteiger partial charge on any atom is 0.244 e. The molecule has 0 amide bonds. The van der Waals surface area contributed by atoms with Crippen molar-refractivity contribution in [2.24, 2.45) is 14.1 Å². The number of fused-ring (bicyclic) bond motifs is 1. The SMILES string of the molecule is Cc1nn(C)c(C)c1S(=O)(=O)NCc1nn(C)c2c1CCCC2. The summed E-state index contributed by atoms with van der Waals surface area (Å²) in [6.45, 7) is 3.70. The largest absolute Gasteiger partial charge is 0.272 e. The normalized spacial score (nSPS) is 15.0. The average Bonchev–Trinajstić information content (AvgIpc) is 2.95. The van der Waals surface area contributed by atoms with Gasteiger partial charge in [0.15, 0.2) is 0 Å². The van der Waals surface area contributed by atoms with Crippen LogP contribution in [0, 0.1) is 13.8 Å². The summed E-state index contributed by atoms with van der Waals surface area (Å²) in [5.74, 6) is 0. The Morgan fingerprint density at radius 2 is 1.78 bits per heavy atom. The van der Waals surface area contributed by atoms with E-state index in [1.165, 1.54) is 17.7 Å². The number of nitrogens with one attached hydrogen (secondary N) is 1. The average molecular weight is 337 g/mol. The highest BCUT2D eigenvalue weighted by Gasteiger charge is 2.25. The molecule has 0 aromatic carbocycles. The Kier molecular flexibility index (Phi) is 4.05. The summed E-state index contributed by atoms with van der Waals surface area (Å²) in [5.41, 5.74) is 4.43. The van der Waals surface area contributed by atoms with E-state index in [1.807, 2.05) is 11.7 Å². The summed E-state index contributed by atoms with van der Waals surface area (Å²) in [4.78, 5) is 0.268. The monoisotopic (exact) mass is 337 g/mol. The van der Waals surface area contributed by atoms with Crippen LogP contribution in [0.1, 0.15) is 41.2 Å². The summed E-state index contributed by atoms with van der Waals surface area (Å²) in [6.07, 6.45) is 4.31. The van der Waals surface area contributed by atoms with Gasteiger partial charge in [0.1, 0.15) is 4.90 Å². The van der Waals surface area contributed by atoms with Crippen LogP contribution in [0.15, 0.2) is 4.90 Å². The lowest BCUT2D eigenvalue weighted by atomic mass is 9.96. The molecule has 0 atom stereocenters. The third-order valence-corrected chi connectivity index (χ3v) is 6.24. The van der Waals surface area contributed by atoms with Gasteiger partial charge >= 0.3 is 0 Å². The second kappa shape index (κ2) is 5.76. The lowest BCUT2D eigenvalue weighted by molar-refractivity contribution is 0.577.